The van der Waals surface area contributed by atoms with E-state index in [0.717, 1.165) is 53.1 Å². The summed E-state index contributed by atoms with van der Waals surface area (Å²) in [5.74, 6) is 1.20. The summed E-state index contributed by atoms with van der Waals surface area (Å²) in [7, 11) is 1.67. The number of hydrogen-bond donors (Lipinski definition) is 2. The van der Waals surface area contributed by atoms with Crippen LogP contribution >= 0.6 is 15.9 Å². The van der Waals surface area contributed by atoms with Gasteiger partial charge in [-0.2, -0.15) is 9.61 Å². The molecule has 9 heteroatoms. The Bertz CT molecular complexity index is 967. The molecule has 28 heavy (non-hydrogen) atoms. The van der Waals surface area contributed by atoms with Crippen molar-refractivity contribution in [2.45, 2.75) is 25.3 Å². The first-order valence-corrected chi connectivity index (χ1v) is 10.1. The zero-order valence-corrected chi connectivity index (χ0v) is 17.2. The smallest absolute Gasteiger partial charge is 0.317 e. The summed E-state index contributed by atoms with van der Waals surface area (Å²) in [6.45, 7) is 2.12. The number of urea groups is 1. The van der Waals surface area contributed by atoms with Gasteiger partial charge in [0, 0.05) is 56.8 Å². The van der Waals surface area contributed by atoms with E-state index in [1.54, 1.807) is 19.4 Å². The molecule has 0 aliphatic carbocycles. The number of fused-ring (bicyclic) bond motifs is 1. The maximum Gasteiger partial charge on any atom is 0.317 e. The molecule has 0 radical (unpaired) electrons. The van der Waals surface area contributed by atoms with E-state index < -0.39 is 0 Å². The second-order valence-electron chi connectivity index (χ2n) is 6.83. The molecule has 1 fully saturated rings. The van der Waals surface area contributed by atoms with E-state index in [-0.39, 0.29) is 6.03 Å². The Balaban J connectivity index is 1.57. The molecule has 2 amide bonds. The van der Waals surface area contributed by atoms with Crippen LogP contribution in [-0.4, -0.2) is 50.7 Å². The van der Waals surface area contributed by atoms with E-state index in [9.17, 15) is 4.79 Å². The van der Waals surface area contributed by atoms with Crippen molar-refractivity contribution >= 4 is 33.4 Å². The van der Waals surface area contributed by atoms with E-state index in [1.807, 2.05) is 27.7 Å². The summed E-state index contributed by atoms with van der Waals surface area (Å²) in [4.78, 5) is 22.7. The van der Waals surface area contributed by atoms with Crippen molar-refractivity contribution in [3.63, 3.8) is 0 Å². The Hall–Kier alpha value is -2.68. The molecule has 3 aromatic heterocycles. The van der Waals surface area contributed by atoms with Crippen LogP contribution in [0, 0.1) is 0 Å². The number of hydrogen-bond acceptors (Lipinski definition) is 5. The Labute approximate surface area is 171 Å². The van der Waals surface area contributed by atoms with Gasteiger partial charge in [0.25, 0.3) is 0 Å². The fraction of sp³-hybridized carbons (Fsp3) is 0.368. The largest absolute Gasteiger partial charge is 0.366 e. The average molecular weight is 444 g/mol. The molecule has 0 bridgehead atoms. The highest BCUT2D eigenvalue weighted by Crippen LogP contribution is 2.30. The molecule has 4 heterocycles. The van der Waals surface area contributed by atoms with Gasteiger partial charge in [-0.05, 0) is 40.4 Å². The molecular weight excluding hydrogens is 422 g/mol. The van der Waals surface area contributed by atoms with Crippen molar-refractivity contribution in [2.24, 2.45) is 0 Å². The molecule has 1 saturated heterocycles. The highest BCUT2D eigenvalue weighted by Gasteiger charge is 2.25. The number of pyridine rings is 1. The zero-order chi connectivity index (χ0) is 19.5. The fourth-order valence-electron chi connectivity index (χ4n) is 3.52. The second-order valence-corrected chi connectivity index (χ2v) is 7.68. The topological polar surface area (TPSA) is 87.5 Å². The number of halogens is 1. The van der Waals surface area contributed by atoms with Crippen molar-refractivity contribution in [3.05, 3.63) is 52.5 Å². The van der Waals surface area contributed by atoms with Crippen LogP contribution in [0.4, 0.5) is 10.6 Å². The zero-order valence-electron chi connectivity index (χ0n) is 15.6. The van der Waals surface area contributed by atoms with Crippen molar-refractivity contribution < 1.29 is 4.79 Å². The van der Waals surface area contributed by atoms with E-state index in [4.69, 9.17) is 4.98 Å². The maximum atomic E-state index is 11.8. The number of likely N-dealkylation sites (tertiary alicyclic amines) is 1. The highest BCUT2D eigenvalue weighted by molar-refractivity contribution is 9.10. The van der Waals surface area contributed by atoms with Crippen molar-refractivity contribution in [1.29, 1.82) is 0 Å². The van der Waals surface area contributed by atoms with Gasteiger partial charge in [0.15, 0.2) is 5.65 Å². The number of nitrogens with zero attached hydrogens (tertiary/aromatic N) is 5. The van der Waals surface area contributed by atoms with E-state index in [1.165, 1.54) is 0 Å². The van der Waals surface area contributed by atoms with E-state index in [0.29, 0.717) is 12.5 Å². The molecule has 2 N–H and O–H groups in total. The van der Waals surface area contributed by atoms with Gasteiger partial charge < -0.3 is 15.5 Å². The van der Waals surface area contributed by atoms with Gasteiger partial charge in [-0.1, -0.05) is 6.07 Å². The molecule has 1 aliphatic heterocycles. The lowest BCUT2D eigenvalue weighted by Gasteiger charge is -2.31. The summed E-state index contributed by atoms with van der Waals surface area (Å²) in [6, 6.07) is 6.02. The number of piperidine rings is 1. The lowest BCUT2D eigenvalue weighted by molar-refractivity contribution is 0.183. The Morgan fingerprint density at radius 1 is 1.32 bits per heavy atom. The molecule has 0 saturated carbocycles. The predicted octanol–water partition coefficient (Wildman–Crippen LogP) is 3.02. The molecule has 146 valence electrons. The summed E-state index contributed by atoms with van der Waals surface area (Å²) in [5, 5.41) is 10.6. The van der Waals surface area contributed by atoms with Crippen molar-refractivity contribution in [1.82, 2.24) is 29.8 Å². The monoisotopic (exact) mass is 443 g/mol. The number of carbonyl (C=O) groups excluding carboxylic acids is 1. The second kappa shape index (κ2) is 8.14. The third-order valence-corrected chi connectivity index (χ3v) is 5.62. The number of aromatic nitrogens is 4. The molecule has 1 aliphatic rings. The van der Waals surface area contributed by atoms with Crippen molar-refractivity contribution in [3.8, 4) is 0 Å². The first kappa shape index (κ1) is 18.7. The quantitative estimate of drug-likeness (QED) is 0.646. The molecule has 0 unspecified atom stereocenters. The van der Waals surface area contributed by atoms with E-state index >= 15 is 0 Å². The number of rotatable bonds is 4. The van der Waals surface area contributed by atoms with Gasteiger partial charge >= 0.3 is 6.03 Å². The number of amides is 2. The van der Waals surface area contributed by atoms with Crippen LogP contribution in [0.5, 0.6) is 0 Å². The summed E-state index contributed by atoms with van der Waals surface area (Å²) in [5.41, 5.74) is 2.91. The molecule has 0 aromatic carbocycles. The van der Waals surface area contributed by atoms with Crippen LogP contribution in [0.3, 0.4) is 0 Å². The highest BCUT2D eigenvalue weighted by atomic mass is 79.9. The van der Waals surface area contributed by atoms with Crippen LogP contribution in [0.15, 0.2) is 41.3 Å². The van der Waals surface area contributed by atoms with Crippen LogP contribution in [0.25, 0.3) is 5.65 Å². The predicted molar refractivity (Wildman–Crippen MR) is 110 cm³/mol. The van der Waals surface area contributed by atoms with Gasteiger partial charge in [-0.15, -0.1) is 0 Å². The molecule has 0 atom stereocenters. The number of nitrogens with one attached hydrogen (secondary N) is 2. The van der Waals surface area contributed by atoms with Crippen LogP contribution in [0.2, 0.25) is 0 Å². The first-order valence-electron chi connectivity index (χ1n) is 9.29. The van der Waals surface area contributed by atoms with E-state index in [2.05, 4.69) is 42.7 Å². The Morgan fingerprint density at radius 3 is 2.86 bits per heavy atom. The Morgan fingerprint density at radius 2 is 2.14 bits per heavy atom. The van der Waals surface area contributed by atoms with Crippen LogP contribution < -0.4 is 10.6 Å². The summed E-state index contributed by atoms with van der Waals surface area (Å²) < 4.78 is 2.67. The molecule has 3 aromatic rings. The Kier molecular flexibility index (Phi) is 5.43. The number of carbonyl (C=O) groups is 1. The normalized spacial score (nSPS) is 15.0. The lowest BCUT2D eigenvalue weighted by Crippen LogP contribution is -2.42. The van der Waals surface area contributed by atoms with Gasteiger partial charge in [-0.25, -0.2) is 9.78 Å². The molecule has 0 spiro atoms. The van der Waals surface area contributed by atoms with Crippen LogP contribution in [0.1, 0.15) is 30.0 Å². The average Bonchev–Trinajstić information content (AvgIpc) is 3.13. The standard InChI is InChI=1S/C19H22BrN7O/c1-21-19(28)26-7-4-14(5-8-26)16-9-17(23-11-13-3-2-6-22-10-13)27-18(25-16)15(20)12-24-27/h2-3,6,9-10,12,14,23H,4-5,7-8,11H2,1H3,(H,21,28). The third kappa shape index (κ3) is 3.80. The minimum absolute atomic E-state index is 0.0146. The first-order chi connectivity index (χ1) is 13.7. The van der Waals surface area contributed by atoms with Gasteiger partial charge in [0.05, 0.1) is 10.7 Å². The van der Waals surface area contributed by atoms with Crippen molar-refractivity contribution in [2.75, 3.05) is 25.5 Å². The SMILES string of the molecule is CNC(=O)N1CCC(c2cc(NCc3cccnc3)n3ncc(Br)c3n2)CC1. The fourth-order valence-corrected chi connectivity index (χ4v) is 3.87. The molecule has 8 nitrogen and oxygen atoms in total. The minimum atomic E-state index is -0.0146. The maximum absolute atomic E-state index is 11.8. The minimum Gasteiger partial charge on any atom is -0.366 e. The van der Waals surface area contributed by atoms with Crippen LogP contribution in [-0.2, 0) is 6.54 Å². The lowest BCUT2D eigenvalue weighted by atomic mass is 9.93. The summed E-state index contributed by atoms with van der Waals surface area (Å²) >= 11 is 3.55. The molecular formula is C19H22BrN7O. The van der Waals surface area contributed by atoms with Gasteiger partial charge in [0.2, 0.25) is 0 Å². The molecule has 4 rings (SSSR count). The third-order valence-electron chi connectivity index (χ3n) is 5.06. The number of anilines is 1. The van der Waals surface area contributed by atoms with Gasteiger partial charge in [-0.3, -0.25) is 4.98 Å². The summed E-state index contributed by atoms with van der Waals surface area (Å²) in [6.07, 6.45) is 7.16. The van der Waals surface area contributed by atoms with Gasteiger partial charge in [0.1, 0.15) is 5.82 Å².